The molecule has 0 aliphatic carbocycles. The van der Waals surface area contributed by atoms with Crippen molar-refractivity contribution >= 4 is 34.0 Å². The van der Waals surface area contributed by atoms with Gasteiger partial charge in [-0.2, -0.15) is 4.52 Å². The Bertz CT molecular complexity index is 1040. The van der Waals surface area contributed by atoms with Gasteiger partial charge in [0.25, 0.3) is 0 Å². The third-order valence-corrected chi connectivity index (χ3v) is 4.62. The Morgan fingerprint density at radius 2 is 1.88 bits per heavy atom. The smallest absolute Gasteiger partial charge is 0.186 e. The van der Waals surface area contributed by atoms with E-state index in [2.05, 4.69) is 35.5 Å². The molecule has 2 heterocycles. The highest BCUT2D eigenvalue weighted by atomic mass is 35.5. The van der Waals surface area contributed by atoms with Crippen molar-refractivity contribution in [1.82, 2.24) is 19.8 Å². The molecule has 0 bridgehead atoms. The highest BCUT2D eigenvalue weighted by Gasteiger charge is 2.16. The maximum atomic E-state index is 6.00. The fourth-order valence-corrected chi connectivity index (χ4v) is 2.93. The molecule has 1 atom stereocenters. The van der Waals surface area contributed by atoms with Crippen LogP contribution < -0.4 is 5.32 Å². The predicted octanol–water partition coefficient (Wildman–Crippen LogP) is 4.81. The molecule has 0 aliphatic heterocycles. The molecule has 2 aromatic carbocycles. The second-order valence-corrected chi connectivity index (χ2v) is 6.55. The van der Waals surface area contributed by atoms with Gasteiger partial charge in [-0.1, -0.05) is 48.0 Å². The monoisotopic (exact) mass is 351 g/mol. The van der Waals surface area contributed by atoms with Gasteiger partial charge in [-0.05, 0) is 37.6 Å². The minimum atomic E-state index is 0.327. The van der Waals surface area contributed by atoms with Gasteiger partial charge in [0.2, 0.25) is 0 Å². The van der Waals surface area contributed by atoms with Gasteiger partial charge in [0.1, 0.15) is 11.5 Å². The fraction of sp³-hybridized carbons (Fsp3) is 0.211. The van der Waals surface area contributed by atoms with Crippen molar-refractivity contribution in [3.63, 3.8) is 0 Å². The topological polar surface area (TPSA) is 55.1 Å². The summed E-state index contributed by atoms with van der Waals surface area (Å²) in [6, 6.07) is 16.0. The zero-order valence-corrected chi connectivity index (χ0v) is 14.8. The van der Waals surface area contributed by atoms with Gasteiger partial charge in [-0.25, -0.2) is 4.98 Å². The van der Waals surface area contributed by atoms with E-state index in [1.54, 1.807) is 4.52 Å². The molecule has 0 amide bonds. The Kier molecular flexibility index (Phi) is 4.01. The first-order valence-electron chi connectivity index (χ1n) is 8.34. The summed E-state index contributed by atoms with van der Waals surface area (Å²) in [6.45, 7) is 4.30. The molecular weight excluding hydrogens is 334 g/mol. The van der Waals surface area contributed by atoms with E-state index in [0.717, 1.165) is 40.0 Å². The van der Waals surface area contributed by atoms with Gasteiger partial charge in [0, 0.05) is 22.0 Å². The molecular formula is C19H18ClN5. The zero-order chi connectivity index (χ0) is 17.4. The van der Waals surface area contributed by atoms with Gasteiger partial charge in [0.15, 0.2) is 5.65 Å². The van der Waals surface area contributed by atoms with Gasteiger partial charge < -0.3 is 5.32 Å². The molecule has 0 aliphatic rings. The van der Waals surface area contributed by atoms with E-state index in [-0.39, 0.29) is 0 Å². The minimum absolute atomic E-state index is 0.327. The van der Waals surface area contributed by atoms with Crippen LogP contribution in [0.1, 0.15) is 20.3 Å². The molecule has 0 unspecified atom stereocenters. The molecule has 4 rings (SSSR count). The molecule has 6 heteroatoms. The Hall–Kier alpha value is -2.66. The zero-order valence-electron chi connectivity index (χ0n) is 14.1. The van der Waals surface area contributed by atoms with Crippen LogP contribution in [0.5, 0.6) is 0 Å². The number of fused-ring (bicyclic) bond motifs is 3. The van der Waals surface area contributed by atoms with Gasteiger partial charge in [-0.15, -0.1) is 5.10 Å². The van der Waals surface area contributed by atoms with Crippen LogP contribution >= 0.6 is 11.6 Å². The number of rotatable bonds is 4. The number of hydrogen-bond donors (Lipinski definition) is 1. The quantitative estimate of drug-likeness (QED) is 0.573. The second-order valence-electron chi connectivity index (χ2n) is 6.11. The van der Waals surface area contributed by atoms with Crippen LogP contribution in [-0.2, 0) is 0 Å². The van der Waals surface area contributed by atoms with E-state index >= 15 is 0 Å². The molecule has 0 spiro atoms. The van der Waals surface area contributed by atoms with Crippen LogP contribution in [0.15, 0.2) is 48.5 Å². The molecule has 1 N–H and O–H groups in total. The number of benzene rings is 2. The Morgan fingerprint density at radius 1 is 1.12 bits per heavy atom. The Balaban J connectivity index is 1.97. The van der Waals surface area contributed by atoms with Crippen LogP contribution in [0.4, 0.5) is 5.82 Å². The van der Waals surface area contributed by atoms with E-state index in [1.165, 1.54) is 0 Å². The number of halogens is 1. The predicted molar refractivity (Wildman–Crippen MR) is 102 cm³/mol. The minimum Gasteiger partial charge on any atom is -0.367 e. The summed E-state index contributed by atoms with van der Waals surface area (Å²) >= 11 is 6.00. The van der Waals surface area contributed by atoms with Crippen molar-refractivity contribution in [2.75, 3.05) is 5.32 Å². The number of nitrogens with one attached hydrogen (secondary N) is 1. The molecule has 0 saturated carbocycles. The van der Waals surface area contributed by atoms with E-state index < -0.39 is 0 Å². The van der Waals surface area contributed by atoms with Crippen LogP contribution in [0.2, 0.25) is 5.02 Å². The van der Waals surface area contributed by atoms with Crippen molar-refractivity contribution in [2.45, 2.75) is 26.3 Å². The van der Waals surface area contributed by atoms with Crippen molar-refractivity contribution in [3.05, 3.63) is 53.6 Å². The molecule has 25 heavy (non-hydrogen) atoms. The average Bonchev–Trinajstić information content (AvgIpc) is 3.06. The average molecular weight is 352 g/mol. The van der Waals surface area contributed by atoms with Gasteiger partial charge >= 0.3 is 0 Å². The largest absolute Gasteiger partial charge is 0.367 e. The maximum absolute atomic E-state index is 6.00. The highest BCUT2D eigenvalue weighted by Crippen LogP contribution is 2.28. The van der Waals surface area contributed by atoms with E-state index in [9.17, 15) is 0 Å². The molecule has 126 valence electrons. The number of hydrogen-bond acceptors (Lipinski definition) is 4. The Morgan fingerprint density at radius 3 is 2.64 bits per heavy atom. The highest BCUT2D eigenvalue weighted by molar-refractivity contribution is 6.30. The number of para-hydroxylation sites is 1. The van der Waals surface area contributed by atoms with Crippen LogP contribution in [0.25, 0.3) is 27.8 Å². The third-order valence-electron chi connectivity index (χ3n) is 4.36. The maximum Gasteiger partial charge on any atom is 0.186 e. The third kappa shape index (κ3) is 2.81. The van der Waals surface area contributed by atoms with E-state index in [1.807, 2.05) is 42.5 Å². The summed E-state index contributed by atoms with van der Waals surface area (Å²) in [6.07, 6.45) is 1.02. The van der Waals surface area contributed by atoms with Crippen molar-refractivity contribution in [2.24, 2.45) is 0 Å². The summed E-state index contributed by atoms with van der Waals surface area (Å²) < 4.78 is 1.79. The lowest BCUT2D eigenvalue weighted by Gasteiger charge is -2.14. The summed E-state index contributed by atoms with van der Waals surface area (Å²) in [7, 11) is 0. The van der Waals surface area contributed by atoms with Crippen LogP contribution in [0, 0.1) is 0 Å². The summed E-state index contributed by atoms with van der Waals surface area (Å²) in [5.41, 5.74) is 3.39. The molecule has 0 fully saturated rings. The first kappa shape index (κ1) is 15.8. The van der Waals surface area contributed by atoms with E-state index in [0.29, 0.717) is 11.1 Å². The van der Waals surface area contributed by atoms with E-state index in [4.69, 9.17) is 16.6 Å². The summed E-state index contributed by atoms with van der Waals surface area (Å²) in [5, 5.41) is 13.9. The van der Waals surface area contributed by atoms with Crippen molar-refractivity contribution in [1.29, 1.82) is 0 Å². The fourth-order valence-electron chi connectivity index (χ4n) is 2.80. The molecule has 0 radical (unpaired) electrons. The number of nitrogens with zero attached hydrogens (tertiary/aromatic N) is 4. The Labute approximate surface area is 150 Å². The number of anilines is 1. The molecule has 2 aromatic heterocycles. The second kappa shape index (κ2) is 6.33. The van der Waals surface area contributed by atoms with Crippen molar-refractivity contribution in [3.8, 4) is 11.3 Å². The van der Waals surface area contributed by atoms with Crippen molar-refractivity contribution < 1.29 is 0 Å². The standard InChI is InChI=1S/C19H18ClN5/c1-3-12(2)21-18-15-6-4-5-7-16(15)25-19(22-18)17(23-24-25)13-8-10-14(20)11-9-13/h4-12H,3H2,1-2H3,(H,21,22)/t12-/m1/s1. The van der Waals surface area contributed by atoms with Gasteiger partial charge in [-0.3, -0.25) is 0 Å². The summed E-state index contributed by atoms with van der Waals surface area (Å²) in [5.74, 6) is 0.856. The number of aromatic nitrogens is 4. The van der Waals surface area contributed by atoms with Crippen LogP contribution in [-0.4, -0.2) is 25.9 Å². The molecule has 4 aromatic rings. The lowest BCUT2D eigenvalue weighted by Crippen LogP contribution is -2.15. The summed E-state index contributed by atoms with van der Waals surface area (Å²) in [4.78, 5) is 4.84. The SMILES string of the molecule is CC[C@@H](C)Nc1nc2c(-c3ccc(Cl)cc3)nnn2c2ccccc12. The van der Waals surface area contributed by atoms with Gasteiger partial charge in [0.05, 0.1) is 5.52 Å². The lowest BCUT2D eigenvalue weighted by atomic mass is 10.1. The lowest BCUT2D eigenvalue weighted by molar-refractivity contribution is 0.760. The molecule has 5 nitrogen and oxygen atoms in total. The normalized spacial score (nSPS) is 12.6. The first-order valence-corrected chi connectivity index (χ1v) is 8.72. The molecule has 0 saturated heterocycles. The first-order chi connectivity index (χ1) is 12.2. The van der Waals surface area contributed by atoms with Crippen LogP contribution in [0.3, 0.4) is 0 Å².